The maximum absolute atomic E-state index is 3.04. The Morgan fingerprint density at radius 3 is 1.90 bits per heavy atom. The van der Waals surface area contributed by atoms with E-state index in [0.717, 1.165) is 6.54 Å². The minimum absolute atomic E-state index is 1.14. The summed E-state index contributed by atoms with van der Waals surface area (Å²) in [6.07, 6.45) is 13.8. The Morgan fingerprint density at radius 1 is 0.900 bits per heavy atom. The summed E-state index contributed by atoms with van der Waals surface area (Å²) in [4.78, 5) is 0. The van der Waals surface area contributed by atoms with Gasteiger partial charge in [0, 0.05) is 6.54 Å². The van der Waals surface area contributed by atoms with Crippen molar-refractivity contribution in [1.82, 2.24) is 5.32 Å². The standard InChI is InChI=1S/C5H8.C4H7N/c2*1-2-4-5-3-1/h1-2H,3-5H2;1,3,5H,2,4H2. The molecule has 0 fully saturated rings. The molecule has 1 aliphatic heterocycles. The van der Waals surface area contributed by atoms with Crippen LogP contribution >= 0.6 is 0 Å². The molecule has 0 saturated carbocycles. The van der Waals surface area contributed by atoms with Crippen molar-refractivity contribution in [2.24, 2.45) is 0 Å². The molecule has 0 amide bonds. The molecule has 1 nitrogen and oxygen atoms in total. The summed E-state index contributed by atoms with van der Waals surface area (Å²) in [5, 5.41) is 3.04. The van der Waals surface area contributed by atoms with Crippen molar-refractivity contribution in [3.05, 3.63) is 24.4 Å². The second-order valence-electron chi connectivity index (χ2n) is 2.55. The van der Waals surface area contributed by atoms with Crippen LogP contribution in [0, 0.1) is 0 Å². The highest BCUT2D eigenvalue weighted by Crippen LogP contribution is 2.05. The molecule has 2 aliphatic rings. The van der Waals surface area contributed by atoms with Crippen LogP contribution in [-0.4, -0.2) is 6.54 Å². The van der Waals surface area contributed by atoms with Crippen molar-refractivity contribution >= 4 is 0 Å². The van der Waals surface area contributed by atoms with Gasteiger partial charge in [0.25, 0.3) is 0 Å². The number of rotatable bonds is 0. The molecular weight excluding hydrogens is 122 g/mol. The van der Waals surface area contributed by atoms with Crippen molar-refractivity contribution in [2.45, 2.75) is 25.7 Å². The third-order valence-corrected chi connectivity index (χ3v) is 1.60. The average Bonchev–Trinajstić information content (AvgIpc) is 2.67. The Morgan fingerprint density at radius 2 is 1.70 bits per heavy atom. The highest BCUT2D eigenvalue weighted by atomic mass is 14.8. The fourth-order valence-electron chi connectivity index (χ4n) is 1.01. The van der Waals surface area contributed by atoms with Gasteiger partial charge in [-0.15, -0.1) is 0 Å². The molecule has 0 aromatic carbocycles. The topological polar surface area (TPSA) is 12.0 Å². The second-order valence-corrected chi connectivity index (χ2v) is 2.55. The minimum Gasteiger partial charge on any atom is -0.391 e. The van der Waals surface area contributed by atoms with Gasteiger partial charge in [0.15, 0.2) is 0 Å². The smallest absolute Gasteiger partial charge is 0.0176 e. The van der Waals surface area contributed by atoms with E-state index in [1.165, 1.54) is 25.7 Å². The zero-order valence-corrected chi connectivity index (χ0v) is 6.34. The molecule has 1 heteroatoms. The third kappa shape index (κ3) is 3.33. The Bertz CT molecular complexity index is 96.7. The van der Waals surface area contributed by atoms with E-state index >= 15 is 0 Å². The van der Waals surface area contributed by atoms with Gasteiger partial charge in [-0.3, -0.25) is 0 Å². The molecule has 0 aromatic heterocycles. The van der Waals surface area contributed by atoms with E-state index in [2.05, 4.69) is 23.5 Å². The largest absolute Gasteiger partial charge is 0.391 e. The van der Waals surface area contributed by atoms with Gasteiger partial charge in [-0.2, -0.15) is 0 Å². The molecule has 0 atom stereocenters. The summed E-state index contributed by atoms with van der Waals surface area (Å²) in [7, 11) is 0. The van der Waals surface area contributed by atoms with Crippen LogP contribution in [0.15, 0.2) is 24.4 Å². The molecule has 1 N–H and O–H groups in total. The lowest BCUT2D eigenvalue weighted by Crippen LogP contribution is -1.96. The molecule has 56 valence electrons. The molecule has 1 aliphatic carbocycles. The van der Waals surface area contributed by atoms with E-state index in [1.54, 1.807) is 0 Å². The van der Waals surface area contributed by atoms with Crippen LogP contribution in [0.5, 0.6) is 0 Å². The van der Waals surface area contributed by atoms with E-state index in [1.807, 2.05) is 6.20 Å². The van der Waals surface area contributed by atoms with E-state index in [-0.39, 0.29) is 0 Å². The number of hydrogen-bond acceptors (Lipinski definition) is 1. The zero-order valence-electron chi connectivity index (χ0n) is 6.34. The van der Waals surface area contributed by atoms with Crippen molar-refractivity contribution in [3.63, 3.8) is 0 Å². The lowest BCUT2D eigenvalue weighted by atomic mass is 10.4. The molecular formula is C9H15N. The molecule has 0 bridgehead atoms. The van der Waals surface area contributed by atoms with E-state index in [4.69, 9.17) is 0 Å². The Balaban J connectivity index is 0.0000001000. The molecule has 0 saturated heterocycles. The third-order valence-electron chi connectivity index (χ3n) is 1.60. The van der Waals surface area contributed by atoms with Gasteiger partial charge in [-0.1, -0.05) is 18.2 Å². The van der Waals surface area contributed by atoms with Crippen LogP contribution in [0.25, 0.3) is 0 Å². The zero-order chi connectivity index (χ0) is 7.07. The fraction of sp³-hybridized carbons (Fsp3) is 0.556. The molecule has 0 unspecified atom stereocenters. The summed E-state index contributed by atoms with van der Waals surface area (Å²) in [6, 6.07) is 0. The van der Waals surface area contributed by atoms with Gasteiger partial charge in [-0.05, 0) is 31.9 Å². The Hall–Kier alpha value is -0.720. The first-order valence-corrected chi connectivity index (χ1v) is 4.03. The van der Waals surface area contributed by atoms with Gasteiger partial charge < -0.3 is 5.32 Å². The van der Waals surface area contributed by atoms with Crippen molar-refractivity contribution in [2.75, 3.05) is 6.54 Å². The van der Waals surface area contributed by atoms with Crippen molar-refractivity contribution < 1.29 is 0 Å². The summed E-state index contributed by atoms with van der Waals surface area (Å²) in [5.74, 6) is 0. The lowest BCUT2D eigenvalue weighted by Gasteiger charge is -1.78. The highest BCUT2D eigenvalue weighted by Gasteiger charge is 1.84. The second kappa shape index (κ2) is 5.10. The van der Waals surface area contributed by atoms with Crippen LogP contribution in [0.4, 0.5) is 0 Å². The van der Waals surface area contributed by atoms with Gasteiger partial charge in [0.05, 0.1) is 0 Å². The van der Waals surface area contributed by atoms with Crippen LogP contribution in [0.3, 0.4) is 0 Å². The average molecular weight is 137 g/mol. The molecule has 10 heavy (non-hydrogen) atoms. The van der Waals surface area contributed by atoms with Crippen LogP contribution < -0.4 is 5.32 Å². The molecule has 1 heterocycles. The monoisotopic (exact) mass is 137 g/mol. The number of hydrogen-bond donors (Lipinski definition) is 1. The van der Waals surface area contributed by atoms with Crippen LogP contribution in [0.1, 0.15) is 25.7 Å². The first-order chi connectivity index (χ1) is 5.00. The van der Waals surface area contributed by atoms with Crippen molar-refractivity contribution in [1.29, 1.82) is 0 Å². The van der Waals surface area contributed by atoms with Crippen LogP contribution in [0.2, 0.25) is 0 Å². The quantitative estimate of drug-likeness (QED) is 0.505. The first kappa shape index (κ1) is 7.39. The number of nitrogens with one attached hydrogen (secondary N) is 1. The minimum atomic E-state index is 1.14. The molecule has 0 aromatic rings. The van der Waals surface area contributed by atoms with E-state index in [9.17, 15) is 0 Å². The highest BCUT2D eigenvalue weighted by molar-refractivity contribution is 4.88. The van der Waals surface area contributed by atoms with E-state index in [0.29, 0.717) is 0 Å². The molecule has 2 rings (SSSR count). The summed E-state index contributed by atoms with van der Waals surface area (Å²) in [5.41, 5.74) is 0. The summed E-state index contributed by atoms with van der Waals surface area (Å²) in [6.45, 7) is 1.14. The van der Waals surface area contributed by atoms with Gasteiger partial charge in [0.2, 0.25) is 0 Å². The van der Waals surface area contributed by atoms with Gasteiger partial charge in [-0.25, -0.2) is 0 Å². The van der Waals surface area contributed by atoms with Gasteiger partial charge >= 0.3 is 0 Å². The molecule has 0 spiro atoms. The maximum atomic E-state index is 3.04. The summed E-state index contributed by atoms with van der Waals surface area (Å²) < 4.78 is 0. The van der Waals surface area contributed by atoms with Gasteiger partial charge in [0.1, 0.15) is 0 Å². The summed E-state index contributed by atoms with van der Waals surface area (Å²) >= 11 is 0. The van der Waals surface area contributed by atoms with Crippen LogP contribution in [-0.2, 0) is 0 Å². The lowest BCUT2D eigenvalue weighted by molar-refractivity contribution is 0.917. The Labute approximate surface area is 62.8 Å². The fourth-order valence-corrected chi connectivity index (χ4v) is 1.01. The predicted octanol–water partition coefficient (Wildman–Crippen LogP) is 2.22. The SMILES string of the molecule is C1=CCCC1.C1=CNCC1. The Kier molecular flexibility index (Phi) is 3.76. The first-order valence-electron chi connectivity index (χ1n) is 4.03. The maximum Gasteiger partial charge on any atom is 0.0176 e. The normalized spacial score (nSPS) is 20.0. The van der Waals surface area contributed by atoms with Crippen molar-refractivity contribution in [3.8, 4) is 0 Å². The molecule has 0 radical (unpaired) electrons. The predicted molar refractivity (Wildman–Crippen MR) is 44.8 cm³/mol. The number of allylic oxidation sites excluding steroid dienone is 2. The van der Waals surface area contributed by atoms with E-state index < -0.39 is 0 Å².